The lowest BCUT2D eigenvalue weighted by Gasteiger charge is -2.28. The minimum Gasteiger partial charge on any atom is -0.367 e. The van der Waals surface area contributed by atoms with Crippen LogP contribution in [0.25, 0.3) is 10.8 Å². The second-order valence-corrected chi connectivity index (χ2v) is 6.37. The van der Waals surface area contributed by atoms with Crippen LogP contribution in [0.3, 0.4) is 0 Å². The second-order valence-electron chi connectivity index (χ2n) is 5.23. The Morgan fingerprint density at radius 2 is 1.89 bits per heavy atom. The Kier molecular flexibility index (Phi) is 3.92. The standard InChI is InChI=1S/C16H20N2S/c1-19-14-8-6-13(7-9-14)18-16-15-5-3-2-4-12(15)10-11-17-16/h2-5,10-11,13-14H,6-9H2,1H3,(H,17,18). The van der Waals surface area contributed by atoms with Crippen molar-refractivity contribution in [1.82, 2.24) is 4.98 Å². The Bertz CT molecular complexity index is 542. The third-order valence-corrected chi connectivity index (χ3v) is 5.16. The number of rotatable bonds is 3. The summed E-state index contributed by atoms with van der Waals surface area (Å²) in [7, 11) is 0. The van der Waals surface area contributed by atoms with Gasteiger partial charge in [-0.3, -0.25) is 0 Å². The zero-order chi connectivity index (χ0) is 13.1. The number of nitrogens with zero attached hydrogens (tertiary/aromatic N) is 1. The van der Waals surface area contributed by atoms with Gasteiger partial charge in [0.2, 0.25) is 0 Å². The average molecular weight is 272 g/mol. The molecule has 100 valence electrons. The van der Waals surface area contributed by atoms with Gasteiger partial charge in [0.15, 0.2) is 0 Å². The highest BCUT2D eigenvalue weighted by Crippen LogP contribution is 2.29. The van der Waals surface area contributed by atoms with E-state index in [1.54, 1.807) is 0 Å². The van der Waals surface area contributed by atoms with Gasteiger partial charge in [0.1, 0.15) is 5.82 Å². The predicted molar refractivity (Wildman–Crippen MR) is 84.9 cm³/mol. The van der Waals surface area contributed by atoms with E-state index in [4.69, 9.17) is 0 Å². The fourth-order valence-corrected chi connectivity index (χ4v) is 3.61. The van der Waals surface area contributed by atoms with Gasteiger partial charge in [-0.2, -0.15) is 11.8 Å². The summed E-state index contributed by atoms with van der Waals surface area (Å²) in [5.41, 5.74) is 0. The maximum Gasteiger partial charge on any atom is 0.134 e. The number of hydrogen-bond donors (Lipinski definition) is 1. The van der Waals surface area contributed by atoms with Crippen molar-refractivity contribution in [3.8, 4) is 0 Å². The van der Waals surface area contributed by atoms with E-state index < -0.39 is 0 Å². The first kappa shape index (κ1) is 12.8. The second kappa shape index (κ2) is 5.83. The number of nitrogens with one attached hydrogen (secondary N) is 1. The van der Waals surface area contributed by atoms with Gasteiger partial charge in [-0.25, -0.2) is 4.98 Å². The Labute approximate surface area is 119 Å². The maximum absolute atomic E-state index is 4.52. The normalized spacial score (nSPS) is 23.4. The van der Waals surface area contributed by atoms with E-state index in [1.165, 1.54) is 36.5 Å². The smallest absolute Gasteiger partial charge is 0.134 e. The molecule has 2 nitrogen and oxygen atoms in total. The van der Waals surface area contributed by atoms with Crippen molar-refractivity contribution in [2.24, 2.45) is 0 Å². The Morgan fingerprint density at radius 3 is 2.68 bits per heavy atom. The van der Waals surface area contributed by atoms with E-state index in [0.717, 1.165) is 11.1 Å². The van der Waals surface area contributed by atoms with Crippen LogP contribution in [0.1, 0.15) is 25.7 Å². The van der Waals surface area contributed by atoms with Crippen LogP contribution in [-0.2, 0) is 0 Å². The van der Waals surface area contributed by atoms with Gasteiger partial charge in [-0.05, 0) is 43.4 Å². The summed E-state index contributed by atoms with van der Waals surface area (Å²) in [5, 5.41) is 7.00. The molecule has 0 bridgehead atoms. The molecule has 1 saturated carbocycles. The molecule has 3 heteroatoms. The number of benzene rings is 1. The van der Waals surface area contributed by atoms with E-state index in [1.807, 2.05) is 18.0 Å². The minimum atomic E-state index is 0.585. The summed E-state index contributed by atoms with van der Waals surface area (Å²) < 4.78 is 0. The number of pyridine rings is 1. The predicted octanol–water partition coefficient (Wildman–Crippen LogP) is 4.32. The molecule has 2 aromatic rings. The zero-order valence-corrected chi connectivity index (χ0v) is 12.1. The molecule has 0 amide bonds. The number of fused-ring (bicyclic) bond motifs is 1. The van der Waals surface area contributed by atoms with Crippen molar-refractivity contribution in [3.05, 3.63) is 36.5 Å². The van der Waals surface area contributed by atoms with E-state index in [-0.39, 0.29) is 0 Å². The summed E-state index contributed by atoms with van der Waals surface area (Å²) in [6.45, 7) is 0. The highest BCUT2D eigenvalue weighted by Gasteiger charge is 2.20. The van der Waals surface area contributed by atoms with Gasteiger partial charge in [0.05, 0.1) is 0 Å². The van der Waals surface area contributed by atoms with Gasteiger partial charge >= 0.3 is 0 Å². The first-order chi connectivity index (χ1) is 9.36. The number of thioether (sulfide) groups is 1. The van der Waals surface area contributed by atoms with Gasteiger partial charge < -0.3 is 5.32 Å². The van der Waals surface area contributed by atoms with Crippen LogP contribution in [0.4, 0.5) is 5.82 Å². The van der Waals surface area contributed by atoms with Gasteiger partial charge in [0.25, 0.3) is 0 Å². The lowest BCUT2D eigenvalue weighted by atomic mass is 9.95. The van der Waals surface area contributed by atoms with Crippen molar-refractivity contribution in [3.63, 3.8) is 0 Å². The molecule has 0 radical (unpaired) electrons. The summed E-state index contributed by atoms with van der Waals surface area (Å²) in [6, 6.07) is 11.1. The molecule has 0 aliphatic heterocycles. The summed E-state index contributed by atoms with van der Waals surface area (Å²) >= 11 is 2.01. The van der Waals surface area contributed by atoms with Crippen molar-refractivity contribution < 1.29 is 0 Å². The first-order valence-corrected chi connectivity index (χ1v) is 8.28. The molecular formula is C16H20N2S. The Hall–Kier alpha value is -1.22. The monoisotopic (exact) mass is 272 g/mol. The van der Waals surface area contributed by atoms with E-state index >= 15 is 0 Å². The molecule has 1 fully saturated rings. The van der Waals surface area contributed by atoms with E-state index in [0.29, 0.717) is 6.04 Å². The summed E-state index contributed by atoms with van der Waals surface area (Å²) in [5.74, 6) is 1.05. The van der Waals surface area contributed by atoms with E-state index in [2.05, 4.69) is 46.9 Å². The largest absolute Gasteiger partial charge is 0.367 e. The molecule has 1 aromatic heterocycles. The van der Waals surface area contributed by atoms with E-state index in [9.17, 15) is 0 Å². The quantitative estimate of drug-likeness (QED) is 0.900. The van der Waals surface area contributed by atoms with Crippen LogP contribution in [0, 0.1) is 0 Å². The van der Waals surface area contributed by atoms with Crippen LogP contribution in [0.15, 0.2) is 36.5 Å². The fourth-order valence-electron chi connectivity index (χ4n) is 2.87. The number of anilines is 1. The van der Waals surface area contributed by atoms with Crippen molar-refractivity contribution in [2.75, 3.05) is 11.6 Å². The topological polar surface area (TPSA) is 24.9 Å². The van der Waals surface area contributed by atoms with Gasteiger partial charge in [-0.1, -0.05) is 24.3 Å². The first-order valence-electron chi connectivity index (χ1n) is 7.00. The molecule has 1 aliphatic rings. The third kappa shape index (κ3) is 2.86. The van der Waals surface area contributed by atoms with Crippen molar-refractivity contribution in [1.29, 1.82) is 0 Å². The molecule has 0 saturated heterocycles. The highest BCUT2D eigenvalue weighted by atomic mass is 32.2. The van der Waals surface area contributed by atoms with Crippen LogP contribution >= 0.6 is 11.8 Å². The maximum atomic E-state index is 4.52. The van der Waals surface area contributed by atoms with Gasteiger partial charge in [-0.15, -0.1) is 0 Å². The Balaban J connectivity index is 1.75. The molecule has 1 aromatic carbocycles. The highest BCUT2D eigenvalue weighted by molar-refractivity contribution is 7.99. The van der Waals surface area contributed by atoms with Crippen LogP contribution in [-0.4, -0.2) is 22.5 Å². The van der Waals surface area contributed by atoms with Crippen molar-refractivity contribution in [2.45, 2.75) is 37.0 Å². The van der Waals surface area contributed by atoms with Crippen LogP contribution in [0.5, 0.6) is 0 Å². The van der Waals surface area contributed by atoms with Crippen LogP contribution in [0.2, 0.25) is 0 Å². The molecule has 0 atom stereocenters. The molecule has 1 aliphatic carbocycles. The molecule has 0 spiro atoms. The number of hydrogen-bond acceptors (Lipinski definition) is 3. The van der Waals surface area contributed by atoms with Crippen LogP contribution < -0.4 is 5.32 Å². The SMILES string of the molecule is CSC1CCC(Nc2nccc3ccccc23)CC1. The molecule has 0 unspecified atom stereocenters. The third-order valence-electron chi connectivity index (χ3n) is 4.02. The Morgan fingerprint density at radius 1 is 1.11 bits per heavy atom. The zero-order valence-electron chi connectivity index (χ0n) is 11.3. The lowest BCUT2D eigenvalue weighted by molar-refractivity contribution is 0.472. The summed E-state index contributed by atoms with van der Waals surface area (Å²) in [6.07, 6.45) is 9.29. The van der Waals surface area contributed by atoms with Gasteiger partial charge in [0, 0.05) is 22.9 Å². The summed E-state index contributed by atoms with van der Waals surface area (Å²) in [4.78, 5) is 4.52. The van der Waals surface area contributed by atoms with Crippen molar-refractivity contribution >= 4 is 28.4 Å². The molecule has 3 rings (SSSR count). The molecule has 1 heterocycles. The molecular weight excluding hydrogens is 252 g/mol. The molecule has 19 heavy (non-hydrogen) atoms. The fraction of sp³-hybridized carbons (Fsp3) is 0.438. The lowest BCUT2D eigenvalue weighted by Crippen LogP contribution is -2.27. The average Bonchev–Trinajstić information content (AvgIpc) is 2.48. The minimum absolute atomic E-state index is 0.585. The molecule has 1 N–H and O–H groups in total. The number of aromatic nitrogens is 1.